The number of hydrogen-bond acceptors (Lipinski definition) is 6. The number of aromatic nitrogens is 3. The van der Waals surface area contributed by atoms with Crippen LogP contribution < -0.4 is 16.6 Å². The summed E-state index contributed by atoms with van der Waals surface area (Å²) in [7, 11) is 0. The summed E-state index contributed by atoms with van der Waals surface area (Å²) < 4.78 is 17.1. The van der Waals surface area contributed by atoms with Crippen molar-refractivity contribution in [1.82, 2.24) is 24.3 Å². The highest BCUT2D eigenvalue weighted by molar-refractivity contribution is 7.99. The van der Waals surface area contributed by atoms with Crippen molar-refractivity contribution in [3.05, 3.63) is 38.9 Å². The summed E-state index contributed by atoms with van der Waals surface area (Å²) in [5.41, 5.74) is -0.510. The topological polar surface area (TPSA) is 89.2 Å². The second-order valence-electron chi connectivity index (χ2n) is 10.4. The molecule has 0 bridgehead atoms. The quantitative estimate of drug-likeness (QED) is 0.633. The van der Waals surface area contributed by atoms with Gasteiger partial charge in [0.2, 0.25) is 5.91 Å². The lowest BCUT2D eigenvalue weighted by atomic mass is 9.90. The normalized spacial score (nSPS) is 24.1. The smallest absolute Gasteiger partial charge is 0.333 e. The van der Waals surface area contributed by atoms with Gasteiger partial charge in [0.1, 0.15) is 11.5 Å². The zero-order valence-corrected chi connectivity index (χ0v) is 21.6. The molecule has 1 aliphatic carbocycles. The molecule has 3 fully saturated rings. The summed E-state index contributed by atoms with van der Waals surface area (Å²) in [4.78, 5) is 46.1. The summed E-state index contributed by atoms with van der Waals surface area (Å²) >= 11 is 1.86. The second kappa shape index (κ2) is 11.5. The first-order valence-corrected chi connectivity index (χ1v) is 14.6. The van der Waals surface area contributed by atoms with Crippen molar-refractivity contribution in [1.29, 1.82) is 0 Å². The largest absolute Gasteiger partial charge is 0.353 e. The van der Waals surface area contributed by atoms with E-state index in [1.54, 1.807) is 4.57 Å². The molecule has 36 heavy (non-hydrogen) atoms. The molecule has 2 saturated heterocycles. The minimum atomic E-state index is -0.577. The molecule has 196 valence electrons. The summed E-state index contributed by atoms with van der Waals surface area (Å²) in [6.45, 7) is 2.96. The number of amides is 1. The van der Waals surface area contributed by atoms with Gasteiger partial charge in [0.05, 0.1) is 11.6 Å². The highest BCUT2D eigenvalue weighted by Gasteiger charge is 2.29. The maximum atomic E-state index is 14.1. The number of likely N-dealkylation sites (tertiary alicyclic amines) is 1. The number of rotatable bonds is 6. The third-order valence-corrected chi connectivity index (χ3v) is 9.06. The molecule has 2 aliphatic heterocycles. The van der Waals surface area contributed by atoms with E-state index in [2.05, 4.69) is 15.2 Å². The third-order valence-electron chi connectivity index (χ3n) is 8.01. The van der Waals surface area contributed by atoms with Crippen LogP contribution in [0.3, 0.4) is 0 Å². The van der Waals surface area contributed by atoms with Gasteiger partial charge in [-0.05, 0) is 82.0 Å². The summed E-state index contributed by atoms with van der Waals surface area (Å²) in [6, 6.07) is 0.969. The molecule has 0 unspecified atom stereocenters. The van der Waals surface area contributed by atoms with Crippen LogP contribution in [0.2, 0.25) is 0 Å². The lowest BCUT2D eigenvalue weighted by Crippen LogP contribution is -2.46. The number of pyridine rings is 1. The molecule has 3 aliphatic rings. The maximum Gasteiger partial charge on any atom is 0.333 e. The first-order valence-electron chi connectivity index (χ1n) is 13.4. The average molecular weight is 518 g/mol. The van der Waals surface area contributed by atoms with Gasteiger partial charge in [0, 0.05) is 31.1 Å². The van der Waals surface area contributed by atoms with Crippen LogP contribution in [0.1, 0.15) is 76.3 Å². The number of piperidine rings is 1. The van der Waals surface area contributed by atoms with Gasteiger partial charge in [-0.2, -0.15) is 11.8 Å². The fourth-order valence-electron chi connectivity index (χ4n) is 6.02. The van der Waals surface area contributed by atoms with Crippen molar-refractivity contribution in [3.8, 4) is 0 Å². The minimum Gasteiger partial charge on any atom is -0.353 e. The fourth-order valence-corrected chi connectivity index (χ4v) is 7.10. The number of thioether (sulfide) groups is 1. The van der Waals surface area contributed by atoms with Crippen LogP contribution >= 0.6 is 11.8 Å². The Labute approximate surface area is 214 Å². The Morgan fingerprint density at radius 3 is 2.42 bits per heavy atom. The Morgan fingerprint density at radius 2 is 1.69 bits per heavy atom. The molecule has 8 nitrogen and oxygen atoms in total. The van der Waals surface area contributed by atoms with Crippen LogP contribution in [0.5, 0.6) is 0 Å². The van der Waals surface area contributed by atoms with Crippen LogP contribution in [0, 0.1) is 5.82 Å². The van der Waals surface area contributed by atoms with Crippen LogP contribution in [0.25, 0.3) is 11.0 Å². The summed E-state index contributed by atoms with van der Waals surface area (Å²) in [6.07, 6.45) is 9.63. The van der Waals surface area contributed by atoms with Crippen molar-refractivity contribution in [2.24, 2.45) is 0 Å². The van der Waals surface area contributed by atoms with E-state index < -0.39 is 11.4 Å². The number of nitrogens with one attached hydrogen (secondary N) is 1. The first kappa shape index (κ1) is 25.4. The third kappa shape index (κ3) is 5.54. The first-order chi connectivity index (χ1) is 17.5. The standard InChI is InChI=1S/C26H36FN5O3S/c27-18-16-22-24(28-17-18)31(21-9-14-36-15-10-21)26(35)32(25(22)34)20-6-4-19(5-7-20)29-23(33)8-13-30-11-2-1-3-12-30/h16-17,19-21H,1-15H2,(H,29,33). The van der Waals surface area contributed by atoms with E-state index in [1.165, 1.54) is 29.9 Å². The summed E-state index contributed by atoms with van der Waals surface area (Å²) in [5.74, 6) is 1.39. The molecule has 0 atom stereocenters. The molecule has 2 aromatic heterocycles. The SMILES string of the molecule is O=C(CCN1CCCCC1)NC1CCC(n2c(=O)c3cc(F)cnc3n(C3CCSCC3)c2=O)CC1. The van der Waals surface area contributed by atoms with Gasteiger partial charge in [0.15, 0.2) is 0 Å². The van der Waals surface area contributed by atoms with Gasteiger partial charge in [0.25, 0.3) is 5.56 Å². The van der Waals surface area contributed by atoms with Crippen molar-refractivity contribution in [2.75, 3.05) is 31.1 Å². The van der Waals surface area contributed by atoms with E-state index in [0.29, 0.717) is 32.1 Å². The molecule has 10 heteroatoms. The zero-order valence-electron chi connectivity index (χ0n) is 20.8. The van der Waals surface area contributed by atoms with Gasteiger partial charge in [-0.15, -0.1) is 0 Å². The zero-order chi connectivity index (χ0) is 25.1. The highest BCUT2D eigenvalue weighted by atomic mass is 32.2. The van der Waals surface area contributed by atoms with Crippen molar-refractivity contribution in [2.45, 2.75) is 82.3 Å². The molecule has 0 spiro atoms. The highest BCUT2D eigenvalue weighted by Crippen LogP contribution is 2.30. The molecular weight excluding hydrogens is 481 g/mol. The number of nitrogens with zero attached hydrogens (tertiary/aromatic N) is 4. The molecule has 0 radical (unpaired) electrons. The minimum absolute atomic E-state index is 0.0402. The van der Waals surface area contributed by atoms with Crippen LogP contribution in [0.4, 0.5) is 4.39 Å². The lowest BCUT2D eigenvalue weighted by Gasteiger charge is -2.32. The molecule has 2 aromatic rings. The number of carbonyl (C=O) groups excluding carboxylic acids is 1. The summed E-state index contributed by atoms with van der Waals surface area (Å²) in [5, 5.41) is 3.33. The van der Waals surface area contributed by atoms with Crippen molar-refractivity contribution in [3.63, 3.8) is 0 Å². The van der Waals surface area contributed by atoms with Gasteiger partial charge in [-0.1, -0.05) is 6.42 Å². The van der Waals surface area contributed by atoms with Gasteiger partial charge in [-0.25, -0.2) is 14.2 Å². The number of fused-ring (bicyclic) bond motifs is 1. The molecule has 1 N–H and O–H groups in total. The van der Waals surface area contributed by atoms with E-state index in [0.717, 1.165) is 50.2 Å². The molecule has 1 saturated carbocycles. The van der Waals surface area contributed by atoms with Gasteiger partial charge in [-0.3, -0.25) is 18.7 Å². The van der Waals surface area contributed by atoms with Gasteiger partial charge < -0.3 is 10.2 Å². The Kier molecular flexibility index (Phi) is 8.10. The monoisotopic (exact) mass is 517 g/mol. The molecule has 1 amide bonds. The number of carbonyl (C=O) groups is 1. The Hall–Kier alpha value is -2.20. The van der Waals surface area contributed by atoms with Crippen LogP contribution in [-0.2, 0) is 4.79 Å². The number of hydrogen-bond donors (Lipinski definition) is 1. The van der Waals surface area contributed by atoms with E-state index in [-0.39, 0.29) is 40.8 Å². The molecule has 4 heterocycles. The average Bonchev–Trinajstić information content (AvgIpc) is 2.90. The van der Waals surface area contributed by atoms with Gasteiger partial charge >= 0.3 is 5.69 Å². The van der Waals surface area contributed by atoms with Crippen LogP contribution in [0.15, 0.2) is 21.9 Å². The Morgan fingerprint density at radius 1 is 1.00 bits per heavy atom. The van der Waals surface area contributed by atoms with Crippen molar-refractivity contribution >= 4 is 28.7 Å². The van der Waals surface area contributed by atoms with E-state index in [1.807, 2.05) is 11.8 Å². The maximum absolute atomic E-state index is 14.1. The number of halogens is 1. The Balaban J connectivity index is 1.30. The molecule has 5 rings (SSSR count). The molecule has 0 aromatic carbocycles. The van der Waals surface area contributed by atoms with Crippen LogP contribution in [-0.4, -0.2) is 62.1 Å². The van der Waals surface area contributed by atoms with E-state index >= 15 is 0 Å². The Bertz CT molecular complexity index is 1190. The van der Waals surface area contributed by atoms with E-state index in [9.17, 15) is 18.8 Å². The fraction of sp³-hybridized carbons (Fsp3) is 0.692. The lowest BCUT2D eigenvalue weighted by molar-refractivity contribution is -0.122. The predicted octanol–water partition coefficient (Wildman–Crippen LogP) is 3.24. The van der Waals surface area contributed by atoms with Crippen molar-refractivity contribution < 1.29 is 9.18 Å². The molecular formula is C26H36FN5O3S. The second-order valence-corrected chi connectivity index (χ2v) is 11.6. The predicted molar refractivity (Wildman–Crippen MR) is 140 cm³/mol. The van der Waals surface area contributed by atoms with E-state index in [4.69, 9.17) is 0 Å².